The number of phenols is 1. The fourth-order valence-corrected chi connectivity index (χ4v) is 2.33. The van der Waals surface area contributed by atoms with E-state index in [0.29, 0.717) is 16.0 Å². The zero-order valence-electron chi connectivity index (χ0n) is 10.9. The monoisotopic (exact) mass is 281 g/mol. The second-order valence-corrected chi connectivity index (χ2v) is 5.07. The minimum atomic E-state index is -1.10. The average Bonchev–Trinajstić information content (AvgIpc) is 2.27. The highest BCUT2D eigenvalue weighted by Gasteiger charge is 2.15. The van der Waals surface area contributed by atoms with Crippen LogP contribution in [0.1, 0.15) is 12.5 Å². The molecule has 0 unspecified atom stereocenters. The normalized spacial score (nSPS) is 11.2. The van der Waals surface area contributed by atoms with Crippen LogP contribution < -0.4 is 0 Å². The van der Waals surface area contributed by atoms with E-state index in [0.717, 1.165) is 17.8 Å². The first kappa shape index (κ1) is 15.1. The molecule has 2 N–H and O–H groups in total. The predicted octanol–water partition coefficient (Wildman–Crippen LogP) is 2.65. The van der Waals surface area contributed by atoms with E-state index in [-0.39, 0.29) is 11.0 Å². The zero-order chi connectivity index (χ0) is 14.6. The van der Waals surface area contributed by atoms with Gasteiger partial charge in [-0.15, -0.1) is 0 Å². The molecule has 1 rings (SSSR count). The zero-order valence-corrected chi connectivity index (χ0v) is 11.7. The molecule has 0 spiro atoms. The molecule has 0 saturated carbocycles. The SMILES string of the molecule is C/C(=C/C(=O)O)c1c(O)cccc1SC(=O)N(C)C. The smallest absolute Gasteiger partial charge is 0.328 e. The van der Waals surface area contributed by atoms with Crippen LogP contribution in [0.25, 0.3) is 5.57 Å². The van der Waals surface area contributed by atoms with Crippen molar-refractivity contribution in [1.29, 1.82) is 0 Å². The van der Waals surface area contributed by atoms with E-state index in [1.54, 1.807) is 33.2 Å². The summed E-state index contributed by atoms with van der Waals surface area (Å²) in [5.41, 5.74) is 0.754. The maximum Gasteiger partial charge on any atom is 0.328 e. The number of aliphatic carboxylic acids is 1. The number of carbonyl (C=O) groups excluding carboxylic acids is 1. The maximum absolute atomic E-state index is 11.7. The summed E-state index contributed by atoms with van der Waals surface area (Å²) in [4.78, 5) is 24.3. The van der Waals surface area contributed by atoms with Gasteiger partial charge in [0.25, 0.3) is 5.24 Å². The van der Waals surface area contributed by atoms with Gasteiger partial charge in [-0.2, -0.15) is 0 Å². The van der Waals surface area contributed by atoms with Gasteiger partial charge in [-0.1, -0.05) is 6.07 Å². The van der Waals surface area contributed by atoms with Gasteiger partial charge in [-0.25, -0.2) is 4.79 Å². The van der Waals surface area contributed by atoms with Crippen LogP contribution >= 0.6 is 11.8 Å². The lowest BCUT2D eigenvalue weighted by Gasteiger charge is -2.13. The van der Waals surface area contributed by atoms with Crippen molar-refractivity contribution in [3.8, 4) is 5.75 Å². The summed E-state index contributed by atoms with van der Waals surface area (Å²) in [7, 11) is 3.25. The van der Waals surface area contributed by atoms with Crippen LogP contribution in [-0.2, 0) is 4.79 Å². The third kappa shape index (κ3) is 4.03. The van der Waals surface area contributed by atoms with Crippen LogP contribution in [0, 0.1) is 0 Å². The standard InChI is InChI=1S/C13H15NO4S/c1-8(7-11(16)17)12-9(15)5-4-6-10(12)19-13(18)14(2)3/h4-7,15H,1-3H3,(H,16,17)/b8-7-. The molecule has 1 aromatic rings. The van der Waals surface area contributed by atoms with Crippen LogP contribution in [-0.4, -0.2) is 40.4 Å². The second-order valence-electron chi connectivity index (χ2n) is 4.08. The maximum atomic E-state index is 11.7. The third-order valence-corrected chi connectivity index (χ3v) is 3.40. The molecule has 0 radical (unpaired) electrons. The number of hydrogen-bond acceptors (Lipinski definition) is 4. The quantitative estimate of drug-likeness (QED) is 0.658. The van der Waals surface area contributed by atoms with Gasteiger partial charge in [-0.3, -0.25) is 4.79 Å². The Balaban J connectivity index is 3.23. The van der Waals surface area contributed by atoms with Gasteiger partial charge in [-0.05, 0) is 36.4 Å². The number of carbonyl (C=O) groups is 2. The van der Waals surface area contributed by atoms with Crippen LogP contribution in [0.3, 0.4) is 0 Å². The van der Waals surface area contributed by atoms with Gasteiger partial charge in [0.2, 0.25) is 0 Å². The molecule has 0 aliphatic heterocycles. The molecule has 0 fully saturated rings. The first-order chi connectivity index (χ1) is 8.82. The van der Waals surface area contributed by atoms with Crippen molar-refractivity contribution < 1.29 is 19.8 Å². The van der Waals surface area contributed by atoms with Crippen LogP contribution in [0.5, 0.6) is 5.75 Å². The molecule has 0 aromatic heterocycles. The number of benzene rings is 1. The Morgan fingerprint density at radius 1 is 1.32 bits per heavy atom. The number of nitrogens with zero attached hydrogens (tertiary/aromatic N) is 1. The van der Waals surface area contributed by atoms with E-state index in [4.69, 9.17) is 5.11 Å². The molecule has 0 aliphatic rings. The van der Waals surface area contributed by atoms with Crippen LogP contribution in [0.15, 0.2) is 29.2 Å². The summed E-state index contributed by atoms with van der Waals surface area (Å²) in [6.45, 7) is 1.58. The lowest BCUT2D eigenvalue weighted by molar-refractivity contribution is -0.131. The number of aromatic hydroxyl groups is 1. The summed E-state index contributed by atoms with van der Waals surface area (Å²) >= 11 is 0.941. The number of carboxylic acid groups (broad SMARTS) is 1. The molecule has 1 amide bonds. The molecule has 6 heteroatoms. The van der Waals surface area contributed by atoms with Crippen molar-refractivity contribution in [3.63, 3.8) is 0 Å². The highest BCUT2D eigenvalue weighted by atomic mass is 32.2. The average molecular weight is 281 g/mol. The number of allylic oxidation sites excluding steroid dienone is 1. The summed E-state index contributed by atoms with van der Waals surface area (Å²) in [5.74, 6) is -1.15. The predicted molar refractivity (Wildman–Crippen MR) is 74.3 cm³/mol. The topological polar surface area (TPSA) is 77.8 Å². The first-order valence-electron chi connectivity index (χ1n) is 5.45. The molecule has 0 saturated heterocycles. The number of hydrogen-bond donors (Lipinski definition) is 2. The molecule has 5 nitrogen and oxygen atoms in total. The van der Waals surface area contributed by atoms with E-state index in [1.165, 1.54) is 11.0 Å². The number of thioether (sulfide) groups is 1. The van der Waals surface area contributed by atoms with Gasteiger partial charge in [0.05, 0.1) is 0 Å². The second kappa shape index (κ2) is 6.29. The minimum absolute atomic E-state index is 0.0495. The molecule has 0 heterocycles. The first-order valence-corrected chi connectivity index (χ1v) is 6.27. The fourth-order valence-electron chi connectivity index (χ4n) is 1.44. The van der Waals surface area contributed by atoms with E-state index in [9.17, 15) is 14.7 Å². The molecule has 19 heavy (non-hydrogen) atoms. The van der Waals surface area contributed by atoms with Gasteiger partial charge >= 0.3 is 5.97 Å². The molecule has 0 aliphatic carbocycles. The van der Waals surface area contributed by atoms with E-state index >= 15 is 0 Å². The molecular weight excluding hydrogens is 266 g/mol. The number of carboxylic acids is 1. The Labute approximate surface area is 115 Å². The van der Waals surface area contributed by atoms with Crippen molar-refractivity contribution >= 4 is 28.5 Å². The molecule has 1 aromatic carbocycles. The Kier molecular flexibility index (Phi) is 5.00. The Hall–Kier alpha value is -1.95. The van der Waals surface area contributed by atoms with Crippen molar-refractivity contribution in [2.45, 2.75) is 11.8 Å². The van der Waals surface area contributed by atoms with Gasteiger partial charge in [0.15, 0.2) is 0 Å². The van der Waals surface area contributed by atoms with E-state index in [2.05, 4.69) is 0 Å². The fraction of sp³-hybridized carbons (Fsp3) is 0.231. The molecule has 102 valence electrons. The molecule has 0 atom stereocenters. The van der Waals surface area contributed by atoms with Crippen molar-refractivity contribution in [1.82, 2.24) is 4.90 Å². The number of phenolic OH excluding ortho intramolecular Hbond substituents is 1. The minimum Gasteiger partial charge on any atom is -0.507 e. The number of rotatable bonds is 3. The van der Waals surface area contributed by atoms with Crippen LogP contribution in [0.2, 0.25) is 0 Å². The highest BCUT2D eigenvalue weighted by molar-refractivity contribution is 8.13. The molecular formula is C13H15NO4S. The Bertz CT molecular complexity index is 537. The molecule has 0 bridgehead atoms. The summed E-state index contributed by atoms with van der Waals surface area (Å²) in [6.07, 6.45) is 0.999. The lowest BCUT2D eigenvalue weighted by atomic mass is 10.1. The number of amides is 1. The third-order valence-electron chi connectivity index (χ3n) is 2.30. The summed E-state index contributed by atoms with van der Waals surface area (Å²) in [6, 6.07) is 4.73. The van der Waals surface area contributed by atoms with Crippen LogP contribution in [0.4, 0.5) is 4.79 Å². The van der Waals surface area contributed by atoms with Crippen molar-refractivity contribution in [2.75, 3.05) is 14.1 Å². The largest absolute Gasteiger partial charge is 0.507 e. The Morgan fingerprint density at radius 3 is 2.47 bits per heavy atom. The van der Waals surface area contributed by atoms with Gasteiger partial charge in [0.1, 0.15) is 5.75 Å². The van der Waals surface area contributed by atoms with E-state index in [1.807, 2.05) is 0 Å². The summed E-state index contributed by atoms with van der Waals surface area (Å²) < 4.78 is 0. The van der Waals surface area contributed by atoms with E-state index < -0.39 is 5.97 Å². The van der Waals surface area contributed by atoms with Gasteiger partial charge < -0.3 is 15.1 Å². The summed E-state index contributed by atoms with van der Waals surface area (Å²) in [5, 5.41) is 18.4. The van der Waals surface area contributed by atoms with Gasteiger partial charge in [0, 0.05) is 30.6 Å². The lowest BCUT2D eigenvalue weighted by Crippen LogP contribution is -2.16. The van der Waals surface area contributed by atoms with Crippen molar-refractivity contribution in [2.24, 2.45) is 0 Å². The Morgan fingerprint density at radius 2 is 1.95 bits per heavy atom. The van der Waals surface area contributed by atoms with Crippen molar-refractivity contribution in [3.05, 3.63) is 29.8 Å². The highest BCUT2D eigenvalue weighted by Crippen LogP contribution is 2.35.